The molecule has 2 aromatic rings. The average Bonchev–Trinajstić information content (AvgIpc) is 2.97. The van der Waals surface area contributed by atoms with Crippen LogP contribution < -0.4 is 5.32 Å². The minimum Gasteiger partial charge on any atom is -0.338 e. The van der Waals surface area contributed by atoms with Crippen molar-refractivity contribution in [3.8, 4) is 0 Å². The molecule has 1 unspecified atom stereocenters. The fraction of sp³-hybridized carbons (Fsp3) is 0.278. The minimum absolute atomic E-state index is 0.0106. The maximum Gasteiger partial charge on any atom is 0.417 e. The monoisotopic (exact) mass is 397 g/mol. The molecule has 1 fully saturated rings. The Balaban J connectivity index is 1.66. The fourth-order valence-corrected chi connectivity index (χ4v) is 3.10. The first-order chi connectivity index (χ1) is 12.7. The number of carbonyl (C=O) groups excluding carboxylic acids is 2. The summed E-state index contributed by atoms with van der Waals surface area (Å²) in [5.41, 5.74) is -0.160. The number of benzene rings is 1. The van der Waals surface area contributed by atoms with Crippen LogP contribution in [0.2, 0.25) is 5.02 Å². The summed E-state index contributed by atoms with van der Waals surface area (Å²) in [5.74, 6) is -1.32. The summed E-state index contributed by atoms with van der Waals surface area (Å²) in [4.78, 5) is 30.0. The van der Waals surface area contributed by atoms with E-state index < -0.39 is 28.6 Å². The van der Waals surface area contributed by atoms with Gasteiger partial charge in [-0.2, -0.15) is 13.2 Å². The summed E-state index contributed by atoms with van der Waals surface area (Å²) >= 11 is 5.57. The normalized spacial score (nSPS) is 17.3. The number of likely N-dealkylation sites (tertiary alicyclic amines) is 1. The fourth-order valence-electron chi connectivity index (χ4n) is 2.87. The molecule has 2 amide bonds. The van der Waals surface area contributed by atoms with Crippen LogP contribution in [0.1, 0.15) is 17.5 Å². The third-order valence-corrected chi connectivity index (χ3v) is 4.58. The molecule has 142 valence electrons. The van der Waals surface area contributed by atoms with Crippen LogP contribution in [0.15, 0.2) is 42.7 Å². The zero-order chi connectivity index (χ0) is 19.6. The molecule has 3 rings (SSSR count). The molecular weight excluding hydrogens is 383 g/mol. The maximum absolute atomic E-state index is 12.9. The lowest BCUT2D eigenvalue weighted by atomic mass is 10.1. The Labute approximate surface area is 158 Å². The van der Waals surface area contributed by atoms with Gasteiger partial charge in [0.2, 0.25) is 11.8 Å². The van der Waals surface area contributed by atoms with E-state index in [0.717, 1.165) is 17.7 Å². The van der Waals surface area contributed by atoms with Crippen molar-refractivity contribution in [3.05, 3.63) is 58.9 Å². The zero-order valence-corrected chi connectivity index (χ0v) is 14.7. The van der Waals surface area contributed by atoms with Gasteiger partial charge in [-0.1, -0.05) is 11.6 Å². The molecule has 0 saturated carbocycles. The predicted molar refractivity (Wildman–Crippen MR) is 92.8 cm³/mol. The van der Waals surface area contributed by atoms with E-state index in [4.69, 9.17) is 11.6 Å². The number of aromatic nitrogens is 1. The Morgan fingerprint density at radius 1 is 1.26 bits per heavy atom. The molecule has 0 radical (unpaired) electrons. The van der Waals surface area contributed by atoms with Crippen molar-refractivity contribution in [1.82, 2.24) is 9.88 Å². The third-order valence-electron chi connectivity index (χ3n) is 4.25. The molecule has 9 heteroatoms. The highest BCUT2D eigenvalue weighted by atomic mass is 35.5. The highest BCUT2D eigenvalue weighted by Gasteiger charge is 2.36. The van der Waals surface area contributed by atoms with Crippen LogP contribution in [0.3, 0.4) is 0 Å². The smallest absolute Gasteiger partial charge is 0.338 e. The van der Waals surface area contributed by atoms with Crippen molar-refractivity contribution >= 4 is 29.1 Å². The maximum atomic E-state index is 12.9. The van der Waals surface area contributed by atoms with E-state index in [9.17, 15) is 22.8 Å². The number of anilines is 1. The van der Waals surface area contributed by atoms with Gasteiger partial charge in [-0.15, -0.1) is 0 Å². The molecule has 0 aliphatic carbocycles. The lowest BCUT2D eigenvalue weighted by molar-refractivity contribution is -0.137. The molecule has 1 aromatic carbocycles. The molecular formula is C18H15ClF3N3O2. The van der Waals surface area contributed by atoms with Gasteiger partial charge in [0.15, 0.2) is 0 Å². The summed E-state index contributed by atoms with van der Waals surface area (Å²) in [6.07, 6.45) is -1.39. The minimum atomic E-state index is -4.62. The summed E-state index contributed by atoms with van der Waals surface area (Å²) in [5, 5.41) is 2.00. The lowest BCUT2D eigenvalue weighted by Gasteiger charge is -2.17. The number of rotatable bonds is 4. The van der Waals surface area contributed by atoms with Crippen LogP contribution >= 0.6 is 11.6 Å². The van der Waals surface area contributed by atoms with E-state index in [2.05, 4.69) is 10.3 Å². The Kier molecular flexibility index (Phi) is 5.36. The molecule has 0 spiro atoms. The molecule has 1 atom stereocenters. The van der Waals surface area contributed by atoms with Gasteiger partial charge < -0.3 is 10.2 Å². The Morgan fingerprint density at radius 3 is 2.63 bits per heavy atom. The molecule has 2 heterocycles. The van der Waals surface area contributed by atoms with Crippen molar-refractivity contribution in [2.24, 2.45) is 5.92 Å². The molecule has 27 heavy (non-hydrogen) atoms. The van der Waals surface area contributed by atoms with E-state index in [1.54, 1.807) is 29.4 Å². The first kappa shape index (κ1) is 19.2. The summed E-state index contributed by atoms with van der Waals surface area (Å²) < 4.78 is 38.8. The number of nitrogens with one attached hydrogen (secondary N) is 1. The number of hydrogen-bond acceptors (Lipinski definition) is 3. The zero-order valence-electron chi connectivity index (χ0n) is 14.0. The molecule has 0 bridgehead atoms. The predicted octanol–water partition coefficient (Wildman–Crippen LogP) is 3.74. The van der Waals surface area contributed by atoms with Crippen molar-refractivity contribution in [3.63, 3.8) is 0 Å². The van der Waals surface area contributed by atoms with Gasteiger partial charge in [0, 0.05) is 37.6 Å². The van der Waals surface area contributed by atoms with Crippen molar-refractivity contribution in [2.45, 2.75) is 19.1 Å². The molecule has 1 saturated heterocycles. The molecule has 1 aromatic heterocycles. The second kappa shape index (κ2) is 7.56. The van der Waals surface area contributed by atoms with Crippen LogP contribution in [0.25, 0.3) is 0 Å². The first-order valence-electron chi connectivity index (χ1n) is 8.08. The van der Waals surface area contributed by atoms with Gasteiger partial charge in [-0.05, 0) is 35.9 Å². The number of nitrogens with zero attached hydrogens (tertiary/aromatic N) is 2. The van der Waals surface area contributed by atoms with Crippen LogP contribution in [0, 0.1) is 5.92 Å². The SMILES string of the molecule is O=C(Nc1ccc(Cl)c(C(F)(F)F)c1)C1CC(=O)N(Cc2ccncc2)C1. The highest BCUT2D eigenvalue weighted by molar-refractivity contribution is 6.31. The lowest BCUT2D eigenvalue weighted by Crippen LogP contribution is -2.28. The van der Waals surface area contributed by atoms with Crippen molar-refractivity contribution in [2.75, 3.05) is 11.9 Å². The molecule has 1 aliphatic heterocycles. The third kappa shape index (κ3) is 4.57. The number of pyridine rings is 1. The van der Waals surface area contributed by atoms with Crippen LogP contribution in [-0.4, -0.2) is 28.2 Å². The highest BCUT2D eigenvalue weighted by Crippen LogP contribution is 2.36. The first-order valence-corrected chi connectivity index (χ1v) is 8.46. The second-order valence-electron chi connectivity index (χ2n) is 6.21. The van der Waals surface area contributed by atoms with Gasteiger partial charge in [0.05, 0.1) is 16.5 Å². The number of carbonyl (C=O) groups is 2. The Hall–Kier alpha value is -2.61. The van der Waals surface area contributed by atoms with E-state index in [-0.39, 0.29) is 24.6 Å². The van der Waals surface area contributed by atoms with Gasteiger partial charge in [0.25, 0.3) is 0 Å². The van der Waals surface area contributed by atoms with E-state index in [1.807, 2.05) is 0 Å². The largest absolute Gasteiger partial charge is 0.417 e. The standard InChI is InChI=1S/C18H15ClF3N3O2/c19-15-2-1-13(8-14(15)18(20,21)22)24-17(27)12-7-16(26)25(10-12)9-11-3-5-23-6-4-11/h1-6,8,12H,7,9-10H2,(H,24,27). The number of halogens is 4. The van der Waals surface area contributed by atoms with E-state index in [0.29, 0.717) is 6.54 Å². The number of hydrogen-bond donors (Lipinski definition) is 1. The van der Waals surface area contributed by atoms with Gasteiger partial charge >= 0.3 is 6.18 Å². The van der Waals surface area contributed by atoms with Gasteiger partial charge in [-0.3, -0.25) is 14.6 Å². The molecule has 5 nitrogen and oxygen atoms in total. The quantitative estimate of drug-likeness (QED) is 0.854. The summed E-state index contributed by atoms with van der Waals surface area (Å²) in [7, 11) is 0. The van der Waals surface area contributed by atoms with Gasteiger partial charge in [0.1, 0.15) is 0 Å². The number of alkyl halides is 3. The van der Waals surface area contributed by atoms with Gasteiger partial charge in [-0.25, -0.2) is 0 Å². The summed E-state index contributed by atoms with van der Waals surface area (Å²) in [6.45, 7) is 0.553. The topological polar surface area (TPSA) is 62.3 Å². The van der Waals surface area contributed by atoms with Crippen molar-refractivity contribution < 1.29 is 22.8 Å². The van der Waals surface area contributed by atoms with E-state index in [1.165, 1.54) is 6.07 Å². The average molecular weight is 398 g/mol. The Bertz CT molecular complexity index is 859. The van der Waals surface area contributed by atoms with Crippen LogP contribution in [0.4, 0.5) is 18.9 Å². The summed E-state index contributed by atoms with van der Waals surface area (Å²) in [6, 6.07) is 6.70. The molecule has 1 N–H and O–H groups in total. The van der Waals surface area contributed by atoms with Crippen molar-refractivity contribution in [1.29, 1.82) is 0 Å². The molecule has 1 aliphatic rings. The second-order valence-corrected chi connectivity index (χ2v) is 6.62. The Morgan fingerprint density at radius 2 is 1.96 bits per heavy atom. The van der Waals surface area contributed by atoms with Crippen LogP contribution in [0.5, 0.6) is 0 Å². The number of amides is 2. The van der Waals surface area contributed by atoms with E-state index >= 15 is 0 Å². The van der Waals surface area contributed by atoms with Crippen LogP contribution in [-0.2, 0) is 22.3 Å².